The maximum Gasteiger partial charge on any atom is 0.262 e. The molecule has 1 heterocycles. The SMILES string of the molecule is Cc1cccc(OCC(=O)Nc2sc3c(c2C#N)CCC(C)C3)c1. The van der Waals surface area contributed by atoms with Crippen LogP contribution in [0.2, 0.25) is 0 Å². The molecule has 3 rings (SSSR count). The number of nitrogens with one attached hydrogen (secondary N) is 1. The second-order valence-electron chi connectivity index (χ2n) is 6.32. The zero-order valence-electron chi connectivity index (χ0n) is 13.9. The molecular formula is C19H20N2O2S. The Labute approximate surface area is 146 Å². The van der Waals surface area contributed by atoms with E-state index in [9.17, 15) is 10.1 Å². The van der Waals surface area contributed by atoms with Crippen molar-refractivity contribution in [3.8, 4) is 11.8 Å². The van der Waals surface area contributed by atoms with Gasteiger partial charge in [-0.3, -0.25) is 4.79 Å². The van der Waals surface area contributed by atoms with Crippen LogP contribution in [0.15, 0.2) is 24.3 Å². The third kappa shape index (κ3) is 3.60. The monoisotopic (exact) mass is 340 g/mol. The van der Waals surface area contributed by atoms with E-state index >= 15 is 0 Å². The summed E-state index contributed by atoms with van der Waals surface area (Å²) in [6.07, 6.45) is 3.01. The molecule has 1 aromatic carbocycles. The second-order valence-corrected chi connectivity index (χ2v) is 7.43. The first-order valence-electron chi connectivity index (χ1n) is 8.10. The highest BCUT2D eigenvalue weighted by molar-refractivity contribution is 7.16. The van der Waals surface area contributed by atoms with Crippen LogP contribution >= 0.6 is 11.3 Å². The molecule has 1 aliphatic carbocycles. The molecule has 0 saturated carbocycles. The first kappa shape index (κ1) is 16.5. The molecule has 5 heteroatoms. The number of anilines is 1. The van der Waals surface area contributed by atoms with Crippen LogP contribution in [0.3, 0.4) is 0 Å². The van der Waals surface area contributed by atoms with E-state index < -0.39 is 0 Å². The van der Waals surface area contributed by atoms with Gasteiger partial charge in [0.1, 0.15) is 16.8 Å². The lowest BCUT2D eigenvalue weighted by atomic mass is 9.89. The number of nitriles is 1. The Morgan fingerprint density at radius 1 is 1.50 bits per heavy atom. The summed E-state index contributed by atoms with van der Waals surface area (Å²) < 4.78 is 5.52. The van der Waals surface area contributed by atoms with E-state index in [4.69, 9.17) is 4.74 Å². The van der Waals surface area contributed by atoms with Crippen LogP contribution in [0, 0.1) is 24.2 Å². The highest BCUT2D eigenvalue weighted by atomic mass is 32.1. The lowest BCUT2D eigenvalue weighted by molar-refractivity contribution is -0.118. The van der Waals surface area contributed by atoms with E-state index in [0.29, 0.717) is 22.2 Å². The van der Waals surface area contributed by atoms with Gasteiger partial charge in [-0.15, -0.1) is 11.3 Å². The molecule has 24 heavy (non-hydrogen) atoms. The summed E-state index contributed by atoms with van der Waals surface area (Å²) >= 11 is 1.53. The largest absolute Gasteiger partial charge is 0.484 e. The number of thiophene rings is 1. The molecule has 0 saturated heterocycles. The molecule has 1 amide bonds. The fourth-order valence-electron chi connectivity index (χ4n) is 2.97. The number of fused-ring (bicyclic) bond motifs is 1. The fraction of sp³-hybridized carbons (Fsp3) is 0.368. The Morgan fingerprint density at radius 3 is 3.08 bits per heavy atom. The van der Waals surface area contributed by atoms with Crippen LogP contribution in [-0.4, -0.2) is 12.5 Å². The first-order valence-corrected chi connectivity index (χ1v) is 8.92. The van der Waals surface area contributed by atoms with Crippen molar-refractivity contribution in [1.82, 2.24) is 0 Å². The molecule has 0 spiro atoms. The number of hydrogen-bond acceptors (Lipinski definition) is 4. The minimum atomic E-state index is -0.236. The smallest absolute Gasteiger partial charge is 0.262 e. The summed E-state index contributed by atoms with van der Waals surface area (Å²) in [5.41, 5.74) is 2.83. The van der Waals surface area contributed by atoms with Gasteiger partial charge < -0.3 is 10.1 Å². The molecule has 2 aromatic rings. The number of aryl methyl sites for hydroxylation is 1. The van der Waals surface area contributed by atoms with E-state index in [1.165, 1.54) is 16.2 Å². The van der Waals surface area contributed by atoms with Crippen LogP contribution in [0.1, 0.15) is 34.9 Å². The maximum atomic E-state index is 12.2. The molecule has 1 aliphatic rings. The predicted molar refractivity (Wildman–Crippen MR) is 95.5 cm³/mol. The van der Waals surface area contributed by atoms with Gasteiger partial charge in [-0.2, -0.15) is 5.26 Å². The van der Waals surface area contributed by atoms with Gasteiger partial charge in [0.2, 0.25) is 0 Å². The standard InChI is InChI=1S/C19H20N2O2S/c1-12-4-3-5-14(8-12)23-11-18(22)21-19-16(10-20)15-7-6-13(2)9-17(15)24-19/h3-5,8,13H,6-7,9,11H2,1-2H3,(H,21,22). The lowest BCUT2D eigenvalue weighted by Crippen LogP contribution is -2.20. The van der Waals surface area contributed by atoms with E-state index in [1.54, 1.807) is 0 Å². The molecule has 1 atom stereocenters. The molecule has 1 aromatic heterocycles. The average Bonchev–Trinajstić information content (AvgIpc) is 2.89. The van der Waals surface area contributed by atoms with Crippen molar-refractivity contribution in [3.63, 3.8) is 0 Å². The molecule has 4 nitrogen and oxygen atoms in total. The van der Waals surface area contributed by atoms with Crippen LogP contribution in [0.5, 0.6) is 5.75 Å². The third-order valence-corrected chi connectivity index (χ3v) is 5.41. The average molecular weight is 340 g/mol. The first-order chi connectivity index (χ1) is 11.6. The number of amides is 1. The van der Waals surface area contributed by atoms with Crippen molar-refractivity contribution in [2.75, 3.05) is 11.9 Å². The van der Waals surface area contributed by atoms with Gasteiger partial charge in [0.25, 0.3) is 5.91 Å². The van der Waals surface area contributed by atoms with Crippen LogP contribution in [0.25, 0.3) is 0 Å². The van der Waals surface area contributed by atoms with Crippen molar-refractivity contribution < 1.29 is 9.53 Å². The Balaban J connectivity index is 1.67. The van der Waals surface area contributed by atoms with Gasteiger partial charge in [-0.1, -0.05) is 19.1 Å². The quantitative estimate of drug-likeness (QED) is 0.912. The highest BCUT2D eigenvalue weighted by Crippen LogP contribution is 2.39. The van der Waals surface area contributed by atoms with E-state index in [1.807, 2.05) is 31.2 Å². The number of carbonyl (C=O) groups excluding carboxylic acids is 1. The van der Waals surface area contributed by atoms with Crippen molar-refractivity contribution in [1.29, 1.82) is 5.26 Å². The maximum absolute atomic E-state index is 12.2. The number of nitrogens with zero attached hydrogens (tertiary/aromatic N) is 1. The van der Waals surface area contributed by atoms with Gasteiger partial charge >= 0.3 is 0 Å². The summed E-state index contributed by atoms with van der Waals surface area (Å²) in [6, 6.07) is 9.84. The Bertz CT molecular complexity index is 804. The number of carbonyl (C=O) groups is 1. The number of ether oxygens (including phenoxy) is 1. The van der Waals surface area contributed by atoms with E-state index in [0.717, 1.165) is 30.4 Å². The fourth-order valence-corrected chi connectivity index (χ4v) is 4.35. The molecule has 124 valence electrons. The predicted octanol–water partition coefficient (Wildman–Crippen LogP) is 4.07. The van der Waals surface area contributed by atoms with Crippen LogP contribution < -0.4 is 10.1 Å². The normalized spacial score (nSPS) is 16.1. The number of hydrogen-bond donors (Lipinski definition) is 1. The topological polar surface area (TPSA) is 62.1 Å². The van der Waals surface area contributed by atoms with Gasteiger partial charge in [0, 0.05) is 4.88 Å². The zero-order chi connectivity index (χ0) is 17.1. The highest BCUT2D eigenvalue weighted by Gasteiger charge is 2.24. The lowest BCUT2D eigenvalue weighted by Gasteiger charge is -2.17. The number of rotatable bonds is 4. The Hall–Kier alpha value is -2.32. The van der Waals surface area contributed by atoms with Crippen molar-refractivity contribution in [2.24, 2.45) is 5.92 Å². The molecule has 0 bridgehead atoms. The minimum Gasteiger partial charge on any atom is -0.484 e. The molecule has 1 unspecified atom stereocenters. The second kappa shape index (κ2) is 7.06. The Morgan fingerprint density at radius 2 is 2.33 bits per heavy atom. The third-order valence-electron chi connectivity index (χ3n) is 4.24. The van der Waals surface area contributed by atoms with Crippen molar-refractivity contribution in [3.05, 3.63) is 45.8 Å². The molecular weight excluding hydrogens is 320 g/mol. The Kier molecular flexibility index (Phi) is 4.86. The van der Waals surface area contributed by atoms with Crippen LogP contribution in [-0.2, 0) is 17.6 Å². The van der Waals surface area contributed by atoms with Gasteiger partial charge in [-0.05, 0) is 55.4 Å². The van der Waals surface area contributed by atoms with Crippen LogP contribution in [0.4, 0.5) is 5.00 Å². The zero-order valence-corrected chi connectivity index (χ0v) is 14.7. The summed E-state index contributed by atoms with van der Waals surface area (Å²) in [4.78, 5) is 13.4. The van der Waals surface area contributed by atoms with Crippen molar-refractivity contribution >= 4 is 22.2 Å². The summed E-state index contributed by atoms with van der Waals surface area (Å²) in [5.74, 6) is 1.07. The summed E-state index contributed by atoms with van der Waals surface area (Å²) in [5, 5.41) is 13.0. The van der Waals surface area contributed by atoms with Crippen molar-refractivity contribution in [2.45, 2.75) is 33.1 Å². The van der Waals surface area contributed by atoms with Gasteiger partial charge in [0.15, 0.2) is 6.61 Å². The van der Waals surface area contributed by atoms with E-state index in [-0.39, 0.29) is 12.5 Å². The summed E-state index contributed by atoms with van der Waals surface area (Å²) in [7, 11) is 0. The van der Waals surface area contributed by atoms with E-state index in [2.05, 4.69) is 18.3 Å². The molecule has 0 aliphatic heterocycles. The van der Waals surface area contributed by atoms with Gasteiger partial charge in [0.05, 0.1) is 5.56 Å². The summed E-state index contributed by atoms with van der Waals surface area (Å²) in [6.45, 7) is 4.14. The molecule has 0 radical (unpaired) electrons. The molecule has 1 N–H and O–H groups in total. The number of benzene rings is 1. The molecule has 0 fully saturated rings. The minimum absolute atomic E-state index is 0.0622. The van der Waals surface area contributed by atoms with Gasteiger partial charge in [-0.25, -0.2) is 0 Å².